The molecule has 0 atom stereocenters. The first-order valence-corrected chi connectivity index (χ1v) is 6.68. The Balaban J connectivity index is 2.06. The Morgan fingerprint density at radius 3 is 2.53 bits per heavy atom. The summed E-state index contributed by atoms with van der Waals surface area (Å²) < 4.78 is 1.03. The minimum atomic E-state index is -0.901. The van der Waals surface area contributed by atoms with Gasteiger partial charge in [-0.2, -0.15) is 0 Å². The number of anilines is 1. The standard InChI is InChI=1S/C15H14BrNO2/c1-10-2-7-13(16)8-14(10)17-9-11-3-5-12(6-4-11)15(18)19/h2-8,17H,9H2,1H3,(H,18,19). The van der Waals surface area contributed by atoms with Gasteiger partial charge in [-0.15, -0.1) is 0 Å². The van der Waals surface area contributed by atoms with E-state index in [1.165, 1.54) is 5.56 Å². The fourth-order valence-corrected chi connectivity index (χ4v) is 2.11. The number of rotatable bonds is 4. The van der Waals surface area contributed by atoms with Crippen LogP contribution in [0.25, 0.3) is 0 Å². The smallest absolute Gasteiger partial charge is 0.335 e. The van der Waals surface area contributed by atoms with Crippen molar-refractivity contribution in [1.29, 1.82) is 0 Å². The van der Waals surface area contributed by atoms with Crippen LogP contribution in [0.5, 0.6) is 0 Å². The lowest BCUT2D eigenvalue weighted by atomic mass is 10.1. The van der Waals surface area contributed by atoms with Crippen LogP contribution in [0.3, 0.4) is 0 Å². The van der Waals surface area contributed by atoms with E-state index in [-0.39, 0.29) is 0 Å². The maximum absolute atomic E-state index is 10.8. The number of aryl methyl sites for hydroxylation is 1. The predicted molar refractivity (Wildman–Crippen MR) is 79.6 cm³/mol. The van der Waals surface area contributed by atoms with Crippen molar-refractivity contribution in [3.05, 3.63) is 63.6 Å². The highest BCUT2D eigenvalue weighted by Crippen LogP contribution is 2.21. The molecule has 4 heteroatoms. The van der Waals surface area contributed by atoms with Crippen molar-refractivity contribution in [1.82, 2.24) is 0 Å². The summed E-state index contributed by atoms with van der Waals surface area (Å²) in [7, 11) is 0. The first kappa shape index (κ1) is 13.6. The van der Waals surface area contributed by atoms with E-state index in [1.54, 1.807) is 12.1 Å². The second kappa shape index (κ2) is 5.89. The van der Waals surface area contributed by atoms with Gasteiger partial charge in [-0.25, -0.2) is 4.79 Å². The Morgan fingerprint density at radius 2 is 1.89 bits per heavy atom. The fourth-order valence-electron chi connectivity index (χ4n) is 1.75. The average molecular weight is 320 g/mol. The molecule has 0 saturated carbocycles. The van der Waals surface area contributed by atoms with Crippen LogP contribution in [-0.4, -0.2) is 11.1 Å². The summed E-state index contributed by atoms with van der Waals surface area (Å²) in [6.45, 7) is 2.71. The Labute approximate surface area is 120 Å². The summed E-state index contributed by atoms with van der Waals surface area (Å²) >= 11 is 3.44. The molecule has 2 N–H and O–H groups in total. The van der Waals surface area contributed by atoms with Gasteiger partial charge in [-0.05, 0) is 42.3 Å². The molecule has 0 unspecified atom stereocenters. The van der Waals surface area contributed by atoms with Gasteiger partial charge in [0.05, 0.1) is 5.56 Å². The highest BCUT2D eigenvalue weighted by Gasteiger charge is 2.02. The zero-order chi connectivity index (χ0) is 13.8. The van der Waals surface area contributed by atoms with Crippen LogP contribution in [0.1, 0.15) is 21.5 Å². The van der Waals surface area contributed by atoms with Crippen LogP contribution < -0.4 is 5.32 Å². The zero-order valence-corrected chi connectivity index (χ0v) is 12.1. The number of hydrogen-bond donors (Lipinski definition) is 2. The molecule has 19 heavy (non-hydrogen) atoms. The average Bonchev–Trinajstić information content (AvgIpc) is 2.40. The van der Waals surface area contributed by atoms with Crippen molar-refractivity contribution in [3.63, 3.8) is 0 Å². The molecule has 0 bridgehead atoms. The van der Waals surface area contributed by atoms with Gasteiger partial charge in [0.15, 0.2) is 0 Å². The molecule has 0 aliphatic rings. The minimum absolute atomic E-state index is 0.308. The number of carbonyl (C=O) groups is 1. The van der Waals surface area contributed by atoms with Crippen molar-refractivity contribution in [2.24, 2.45) is 0 Å². The lowest BCUT2D eigenvalue weighted by molar-refractivity contribution is 0.0697. The predicted octanol–water partition coefficient (Wildman–Crippen LogP) is 4.07. The summed E-state index contributed by atoms with van der Waals surface area (Å²) in [6.07, 6.45) is 0. The monoisotopic (exact) mass is 319 g/mol. The van der Waals surface area contributed by atoms with Crippen molar-refractivity contribution in [2.45, 2.75) is 13.5 Å². The quantitative estimate of drug-likeness (QED) is 0.893. The number of aromatic carboxylic acids is 1. The summed E-state index contributed by atoms with van der Waals surface area (Å²) in [4.78, 5) is 10.8. The SMILES string of the molecule is Cc1ccc(Br)cc1NCc1ccc(C(=O)O)cc1. The highest BCUT2D eigenvalue weighted by molar-refractivity contribution is 9.10. The number of carboxylic acid groups (broad SMARTS) is 1. The molecule has 0 fully saturated rings. The number of carboxylic acids is 1. The van der Waals surface area contributed by atoms with Gasteiger partial charge in [0.2, 0.25) is 0 Å². The van der Waals surface area contributed by atoms with Crippen molar-refractivity contribution in [2.75, 3.05) is 5.32 Å². The molecule has 0 aliphatic carbocycles. The van der Waals surface area contributed by atoms with Crippen molar-refractivity contribution < 1.29 is 9.90 Å². The normalized spacial score (nSPS) is 10.2. The van der Waals surface area contributed by atoms with Gasteiger partial charge in [0.25, 0.3) is 0 Å². The Morgan fingerprint density at radius 1 is 1.21 bits per heavy atom. The maximum atomic E-state index is 10.8. The minimum Gasteiger partial charge on any atom is -0.478 e. The van der Waals surface area contributed by atoms with Crippen LogP contribution in [0.15, 0.2) is 46.9 Å². The first-order chi connectivity index (χ1) is 9.06. The van der Waals surface area contributed by atoms with Crippen LogP contribution in [0.2, 0.25) is 0 Å². The zero-order valence-electron chi connectivity index (χ0n) is 10.5. The Kier molecular flexibility index (Phi) is 4.22. The highest BCUT2D eigenvalue weighted by atomic mass is 79.9. The van der Waals surface area contributed by atoms with E-state index in [0.29, 0.717) is 12.1 Å². The molecule has 3 nitrogen and oxygen atoms in total. The van der Waals surface area contributed by atoms with E-state index in [2.05, 4.69) is 21.2 Å². The molecule has 98 valence electrons. The third-order valence-electron chi connectivity index (χ3n) is 2.88. The number of halogens is 1. The molecule has 0 saturated heterocycles. The Hall–Kier alpha value is -1.81. The third-order valence-corrected chi connectivity index (χ3v) is 3.38. The lowest BCUT2D eigenvalue weighted by Gasteiger charge is -2.10. The van der Waals surface area contributed by atoms with E-state index in [1.807, 2.05) is 37.3 Å². The lowest BCUT2D eigenvalue weighted by Crippen LogP contribution is -2.02. The summed E-state index contributed by atoms with van der Waals surface area (Å²) in [6, 6.07) is 13.0. The van der Waals surface area contributed by atoms with Crippen LogP contribution in [-0.2, 0) is 6.54 Å². The van der Waals surface area contributed by atoms with Gasteiger partial charge >= 0.3 is 5.97 Å². The molecule has 0 amide bonds. The second-order valence-corrected chi connectivity index (χ2v) is 5.23. The molecular weight excluding hydrogens is 306 g/mol. The first-order valence-electron chi connectivity index (χ1n) is 5.88. The van der Waals surface area contributed by atoms with Crippen molar-refractivity contribution in [3.8, 4) is 0 Å². The van der Waals surface area contributed by atoms with E-state index in [0.717, 1.165) is 15.7 Å². The number of hydrogen-bond acceptors (Lipinski definition) is 2. The van der Waals surface area contributed by atoms with E-state index < -0.39 is 5.97 Å². The largest absolute Gasteiger partial charge is 0.478 e. The summed E-state index contributed by atoms with van der Waals surface area (Å²) in [5.74, 6) is -0.901. The topological polar surface area (TPSA) is 49.3 Å². The van der Waals surface area contributed by atoms with E-state index in [9.17, 15) is 4.79 Å². The van der Waals surface area contributed by atoms with Crippen LogP contribution in [0, 0.1) is 6.92 Å². The fraction of sp³-hybridized carbons (Fsp3) is 0.133. The van der Waals surface area contributed by atoms with Gasteiger partial charge in [0, 0.05) is 16.7 Å². The molecule has 2 aromatic carbocycles. The molecular formula is C15H14BrNO2. The number of nitrogens with one attached hydrogen (secondary N) is 1. The molecule has 2 rings (SSSR count). The molecule has 0 spiro atoms. The van der Waals surface area contributed by atoms with Crippen LogP contribution >= 0.6 is 15.9 Å². The van der Waals surface area contributed by atoms with Crippen LogP contribution in [0.4, 0.5) is 5.69 Å². The summed E-state index contributed by atoms with van der Waals surface area (Å²) in [5, 5.41) is 12.2. The van der Waals surface area contributed by atoms with Gasteiger partial charge < -0.3 is 10.4 Å². The molecule has 0 heterocycles. The second-order valence-electron chi connectivity index (χ2n) is 4.31. The Bertz CT molecular complexity index is 594. The number of benzene rings is 2. The van der Waals surface area contributed by atoms with Gasteiger partial charge in [0.1, 0.15) is 0 Å². The summed E-state index contributed by atoms with van der Waals surface area (Å²) in [5.41, 5.74) is 3.59. The van der Waals surface area contributed by atoms with E-state index in [4.69, 9.17) is 5.11 Å². The molecule has 0 aromatic heterocycles. The van der Waals surface area contributed by atoms with Crippen molar-refractivity contribution >= 4 is 27.6 Å². The maximum Gasteiger partial charge on any atom is 0.335 e. The third kappa shape index (κ3) is 3.58. The van der Waals surface area contributed by atoms with Gasteiger partial charge in [-0.1, -0.05) is 34.1 Å². The van der Waals surface area contributed by atoms with E-state index >= 15 is 0 Å². The molecule has 2 aromatic rings. The van der Waals surface area contributed by atoms with Gasteiger partial charge in [-0.3, -0.25) is 0 Å². The molecule has 0 aliphatic heterocycles. The molecule has 0 radical (unpaired) electrons.